The molecule has 0 bridgehead atoms. The van der Waals surface area contributed by atoms with E-state index in [0.717, 1.165) is 56.8 Å². The van der Waals surface area contributed by atoms with Crippen LogP contribution in [0, 0.1) is 5.92 Å². The van der Waals surface area contributed by atoms with Gasteiger partial charge in [-0.25, -0.2) is 0 Å². The van der Waals surface area contributed by atoms with E-state index in [9.17, 15) is 9.90 Å². The summed E-state index contributed by atoms with van der Waals surface area (Å²) in [5.41, 5.74) is 3.35. The second-order valence-corrected chi connectivity index (χ2v) is 9.21. The van der Waals surface area contributed by atoms with Gasteiger partial charge in [0, 0.05) is 50.0 Å². The lowest BCUT2D eigenvalue weighted by Crippen LogP contribution is -2.44. The van der Waals surface area contributed by atoms with Crippen molar-refractivity contribution in [2.45, 2.75) is 32.3 Å². The first kappa shape index (κ1) is 20.9. The molecule has 2 aliphatic rings. The van der Waals surface area contributed by atoms with Crippen LogP contribution in [0.25, 0.3) is 0 Å². The molecule has 4 rings (SSSR count). The van der Waals surface area contributed by atoms with E-state index in [4.69, 9.17) is 0 Å². The number of nitrogens with zero attached hydrogens (tertiary/aromatic N) is 3. The Morgan fingerprint density at radius 2 is 1.73 bits per heavy atom. The Labute approximate surface area is 179 Å². The van der Waals surface area contributed by atoms with Crippen molar-refractivity contribution in [1.29, 1.82) is 0 Å². The molecule has 160 valence electrons. The summed E-state index contributed by atoms with van der Waals surface area (Å²) in [5.74, 6) is 0.195. The van der Waals surface area contributed by atoms with Crippen molar-refractivity contribution >= 4 is 17.3 Å². The van der Waals surface area contributed by atoms with E-state index >= 15 is 0 Å². The Hall–Kier alpha value is -2.37. The molecule has 0 aliphatic carbocycles. The Bertz CT molecular complexity index is 897. The molecule has 0 radical (unpaired) electrons. The molecule has 0 saturated carbocycles. The monoisotopic (exact) mass is 407 g/mol. The van der Waals surface area contributed by atoms with Crippen molar-refractivity contribution in [2.24, 2.45) is 5.92 Å². The fourth-order valence-corrected chi connectivity index (χ4v) is 4.54. The van der Waals surface area contributed by atoms with Gasteiger partial charge in [0.05, 0.1) is 5.60 Å². The summed E-state index contributed by atoms with van der Waals surface area (Å²) in [4.78, 5) is 20.0. The third-order valence-electron chi connectivity index (χ3n) is 6.48. The number of rotatable bonds is 5. The lowest BCUT2D eigenvalue weighted by atomic mass is 9.96. The van der Waals surface area contributed by atoms with Gasteiger partial charge in [-0.15, -0.1) is 0 Å². The largest absolute Gasteiger partial charge is 0.386 e. The Kier molecular flexibility index (Phi) is 5.85. The third-order valence-corrected chi connectivity index (χ3v) is 6.48. The molecule has 1 N–H and O–H groups in total. The number of benzene rings is 2. The highest BCUT2D eigenvalue weighted by Crippen LogP contribution is 2.32. The number of amides is 1. The van der Waals surface area contributed by atoms with Crippen LogP contribution in [0.3, 0.4) is 0 Å². The predicted octanol–water partition coefficient (Wildman–Crippen LogP) is 3.26. The van der Waals surface area contributed by atoms with Gasteiger partial charge >= 0.3 is 0 Å². The molecule has 2 aromatic carbocycles. The minimum absolute atomic E-state index is 0.00408. The van der Waals surface area contributed by atoms with Crippen LogP contribution in [-0.4, -0.2) is 55.7 Å². The quantitative estimate of drug-likeness (QED) is 0.827. The molecule has 1 amide bonds. The molecule has 2 fully saturated rings. The van der Waals surface area contributed by atoms with Gasteiger partial charge in [0.2, 0.25) is 5.91 Å². The summed E-state index contributed by atoms with van der Waals surface area (Å²) in [6, 6.07) is 16.3. The highest BCUT2D eigenvalue weighted by atomic mass is 16.3. The van der Waals surface area contributed by atoms with E-state index in [1.165, 1.54) is 11.3 Å². The summed E-state index contributed by atoms with van der Waals surface area (Å²) in [6.07, 6.45) is 1.64. The maximum atomic E-state index is 13.2. The highest BCUT2D eigenvalue weighted by Gasteiger charge is 2.33. The molecule has 5 heteroatoms. The molecule has 2 aromatic rings. The fraction of sp³-hybridized carbons (Fsp3) is 0.480. The normalized spacial score (nSPS) is 20.8. The van der Waals surface area contributed by atoms with E-state index in [1.54, 1.807) is 13.8 Å². The number of para-hydroxylation sites is 1. The zero-order chi connectivity index (χ0) is 21.3. The van der Waals surface area contributed by atoms with Crippen molar-refractivity contribution in [3.8, 4) is 0 Å². The SMILES string of the molecule is CN1CCN(c2ccccc2C[C@@H]2CCN(c3cccc(C(C)(C)O)c3)C2=O)CC1. The Morgan fingerprint density at radius 3 is 2.47 bits per heavy atom. The minimum atomic E-state index is -0.917. The lowest BCUT2D eigenvalue weighted by Gasteiger charge is -2.35. The first-order valence-electron chi connectivity index (χ1n) is 11.0. The van der Waals surface area contributed by atoms with Crippen LogP contribution >= 0.6 is 0 Å². The Balaban J connectivity index is 1.50. The third kappa shape index (κ3) is 4.37. The predicted molar refractivity (Wildman–Crippen MR) is 122 cm³/mol. The summed E-state index contributed by atoms with van der Waals surface area (Å²) in [5, 5.41) is 10.3. The highest BCUT2D eigenvalue weighted by molar-refractivity contribution is 5.97. The van der Waals surface area contributed by atoms with Gasteiger partial charge in [-0.2, -0.15) is 0 Å². The number of piperazine rings is 1. The fourth-order valence-electron chi connectivity index (χ4n) is 4.54. The summed E-state index contributed by atoms with van der Waals surface area (Å²) < 4.78 is 0. The molecular weight excluding hydrogens is 374 g/mol. The van der Waals surface area contributed by atoms with E-state index in [2.05, 4.69) is 41.1 Å². The van der Waals surface area contributed by atoms with E-state index < -0.39 is 5.60 Å². The molecule has 0 spiro atoms. The molecule has 2 saturated heterocycles. The van der Waals surface area contributed by atoms with Gasteiger partial charge in [0.25, 0.3) is 0 Å². The van der Waals surface area contributed by atoms with Crippen LogP contribution in [0.2, 0.25) is 0 Å². The summed E-state index contributed by atoms with van der Waals surface area (Å²) >= 11 is 0. The number of carbonyl (C=O) groups excluding carboxylic acids is 1. The van der Waals surface area contributed by atoms with Gasteiger partial charge < -0.3 is 19.8 Å². The topological polar surface area (TPSA) is 47.0 Å². The summed E-state index contributed by atoms with van der Waals surface area (Å²) in [7, 11) is 2.17. The standard InChI is InChI=1S/C25H33N3O2/c1-25(2,30)21-8-6-9-22(18-21)28-12-11-20(24(28)29)17-19-7-4-5-10-23(19)27-15-13-26(3)14-16-27/h4-10,18,20,30H,11-17H2,1-3H3/t20-/m0/s1. The van der Waals surface area contributed by atoms with Crippen LogP contribution < -0.4 is 9.80 Å². The van der Waals surface area contributed by atoms with Gasteiger partial charge in [0.1, 0.15) is 0 Å². The second kappa shape index (κ2) is 8.40. The smallest absolute Gasteiger partial charge is 0.230 e. The van der Waals surface area contributed by atoms with Crippen molar-refractivity contribution in [3.63, 3.8) is 0 Å². The number of anilines is 2. The van der Waals surface area contributed by atoms with Crippen molar-refractivity contribution < 1.29 is 9.90 Å². The number of carbonyl (C=O) groups is 1. The number of aliphatic hydroxyl groups is 1. The minimum Gasteiger partial charge on any atom is -0.386 e. The first-order valence-corrected chi connectivity index (χ1v) is 11.0. The number of hydrogen-bond donors (Lipinski definition) is 1. The van der Waals surface area contributed by atoms with E-state index in [-0.39, 0.29) is 11.8 Å². The van der Waals surface area contributed by atoms with E-state index in [1.807, 2.05) is 29.2 Å². The number of hydrogen-bond acceptors (Lipinski definition) is 4. The Morgan fingerprint density at radius 1 is 1.00 bits per heavy atom. The van der Waals surface area contributed by atoms with Crippen LogP contribution in [0.15, 0.2) is 48.5 Å². The van der Waals surface area contributed by atoms with Crippen molar-refractivity contribution in [2.75, 3.05) is 49.6 Å². The molecular formula is C25H33N3O2. The van der Waals surface area contributed by atoms with Crippen LogP contribution in [0.4, 0.5) is 11.4 Å². The first-order chi connectivity index (χ1) is 14.3. The van der Waals surface area contributed by atoms with Crippen LogP contribution in [-0.2, 0) is 16.8 Å². The molecule has 5 nitrogen and oxygen atoms in total. The lowest BCUT2D eigenvalue weighted by molar-refractivity contribution is -0.120. The maximum absolute atomic E-state index is 13.2. The zero-order valence-corrected chi connectivity index (χ0v) is 18.3. The van der Waals surface area contributed by atoms with Crippen molar-refractivity contribution in [1.82, 2.24) is 4.90 Å². The molecule has 0 aromatic heterocycles. The van der Waals surface area contributed by atoms with Gasteiger partial charge in [0.15, 0.2) is 0 Å². The van der Waals surface area contributed by atoms with Crippen LogP contribution in [0.1, 0.15) is 31.4 Å². The molecule has 1 atom stereocenters. The number of likely N-dealkylation sites (N-methyl/N-ethyl adjacent to an activating group) is 1. The average molecular weight is 408 g/mol. The van der Waals surface area contributed by atoms with Crippen molar-refractivity contribution in [3.05, 3.63) is 59.7 Å². The molecule has 2 aliphatic heterocycles. The summed E-state index contributed by atoms with van der Waals surface area (Å²) in [6.45, 7) is 8.48. The van der Waals surface area contributed by atoms with Gasteiger partial charge in [-0.3, -0.25) is 4.79 Å². The second-order valence-electron chi connectivity index (χ2n) is 9.21. The van der Waals surface area contributed by atoms with E-state index in [0.29, 0.717) is 0 Å². The van der Waals surface area contributed by atoms with Gasteiger partial charge in [-0.05, 0) is 63.1 Å². The molecule has 0 unspecified atom stereocenters. The maximum Gasteiger partial charge on any atom is 0.230 e. The average Bonchev–Trinajstić information content (AvgIpc) is 3.09. The van der Waals surface area contributed by atoms with Crippen LogP contribution in [0.5, 0.6) is 0 Å². The molecule has 2 heterocycles. The molecule has 30 heavy (non-hydrogen) atoms. The zero-order valence-electron chi connectivity index (χ0n) is 18.3. The van der Waals surface area contributed by atoms with Gasteiger partial charge in [-0.1, -0.05) is 30.3 Å².